The van der Waals surface area contributed by atoms with E-state index in [1.165, 1.54) is 25.1 Å². The zero-order valence-corrected chi connectivity index (χ0v) is 19.9. The first-order chi connectivity index (χ1) is 16.2. The molecule has 0 spiro atoms. The molecule has 1 saturated heterocycles. The first kappa shape index (κ1) is 24.4. The molecule has 3 aromatic rings. The van der Waals surface area contributed by atoms with Crippen molar-refractivity contribution in [2.75, 3.05) is 19.6 Å². The van der Waals surface area contributed by atoms with Crippen LogP contribution in [0.25, 0.3) is 11.3 Å². The summed E-state index contributed by atoms with van der Waals surface area (Å²) in [5.41, 5.74) is 0.305. The number of halogens is 4. The number of aromatic nitrogens is 1. The van der Waals surface area contributed by atoms with Gasteiger partial charge >= 0.3 is 0 Å². The number of hydrogen-bond donors (Lipinski definition) is 3. The van der Waals surface area contributed by atoms with E-state index in [1.54, 1.807) is 6.07 Å². The van der Waals surface area contributed by atoms with Crippen LogP contribution in [0.3, 0.4) is 0 Å². The number of piperidine rings is 1. The molecule has 2 atom stereocenters. The average molecular weight is 538 g/mol. The highest BCUT2D eigenvalue weighted by Crippen LogP contribution is 2.46. The highest BCUT2D eigenvalue weighted by molar-refractivity contribution is 9.10. The molecule has 3 N–H and O–H groups in total. The molecule has 2 aromatic carbocycles. The van der Waals surface area contributed by atoms with Gasteiger partial charge in [-0.05, 0) is 76.8 Å². The minimum atomic E-state index is -1.52. The van der Waals surface area contributed by atoms with E-state index in [0.717, 1.165) is 12.1 Å². The summed E-state index contributed by atoms with van der Waals surface area (Å²) in [5, 5.41) is 21.7. The quantitative estimate of drug-likeness (QED) is 0.439. The maximum Gasteiger partial charge on any atom is 0.216 e. The molecule has 2 unspecified atom stereocenters. The van der Waals surface area contributed by atoms with E-state index >= 15 is 0 Å². The van der Waals surface area contributed by atoms with Gasteiger partial charge in [0.1, 0.15) is 17.1 Å². The van der Waals surface area contributed by atoms with E-state index in [1.807, 2.05) is 0 Å². The topological polar surface area (TPSA) is 87.4 Å². The largest absolute Gasteiger partial charge is 0.384 e. The normalized spacial score (nSPS) is 20.4. The smallest absolute Gasteiger partial charge is 0.216 e. The van der Waals surface area contributed by atoms with Crippen molar-refractivity contribution in [1.82, 2.24) is 15.8 Å². The Balaban J connectivity index is 1.72. The Morgan fingerprint density at radius 1 is 1.26 bits per heavy atom. The SMILES string of the molecule is CC(=O)NCCc1cc(F)ccc1-c1onc(C2CNCCC2(O)c2ccc(F)c(F)c2)c1Br. The summed E-state index contributed by atoms with van der Waals surface area (Å²) in [7, 11) is 0. The minimum Gasteiger partial charge on any atom is -0.384 e. The molecular weight excluding hydrogens is 515 g/mol. The van der Waals surface area contributed by atoms with Crippen LogP contribution in [0.5, 0.6) is 0 Å². The van der Waals surface area contributed by atoms with E-state index in [9.17, 15) is 23.1 Å². The van der Waals surface area contributed by atoms with Crippen molar-refractivity contribution in [2.24, 2.45) is 0 Å². The minimum absolute atomic E-state index is 0.192. The van der Waals surface area contributed by atoms with Crippen molar-refractivity contribution in [3.05, 3.63) is 75.1 Å². The second-order valence-corrected chi connectivity index (χ2v) is 9.10. The molecule has 6 nitrogen and oxygen atoms in total. The van der Waals surface area contributed by atoms with Crippen molar-refractivity contribution in [1.29, 1.82) is 0 Å². The number of hydrogen-bond acceptors (Lipinski definition) is 5. The fourth-order valence-corrected chi connectivity index (χ4v) is 4.98. The summed E-state index contributed by atoms with van der Waals surface area (Å²) < 4.78 is 47.5. The maximum atomic E-state index is 14.0. The van der Waals surface area contributed by atoms with E-state index in [-0.39, 0.29) is 17.9 Å². The highest BCUT2D eigenvalue weighted by Gasteiger charge is 2.44. The first-order valence-corrected chi connectivity index (χ1v) is 11.6. The maximum absolute atomic E-state index is 14.0. The third kappa shape index (κ3) is 4.75. The molecule has 10 heteroatoms. The highest BCUT2D eigenvalue weighted by atomic mass is 79.9. The molecule has 1 aromatic heterocycles. The number of nitrogens with one attached hydrogen (secondary N) is 2. The van der Waals surface area contributed by atoms with E-state index in [0.29, 0.717) is 53.1 Å². The Morgan fingerprint density at radius 2 is 2.06 bits per heavy atom. The van der Waals surface area contributed by atoms with Crippen molar-refractivity contribution in [2.45, 2.75) is 31.3 Å². The van der Waals surface area contributed by atoms with E-state index < -0.39 is 29.0 Å². The summed E-state index contributed by atoms with van der Waals surface area (Å²) in [5.74, 6) is -2.96. The Hall–Kier alpha value is -2.69. The van der Waals surface area contributed by atoms with Crippen LogP contribution < -0.4 is 10.6 Å². The van der Waals surface area contributed by atoms with Crippen LogP contribution in [0.1, 0.15) is 36.1 Å². The van der Waals surface area contributed by atoms with Crippen LogP contribution in [0.2, 0.25) is 0 Å². The lowest BCUT2D eigenvalue weighted by Gasteiger charge is -2.40. The number of carbonyl (C=O) groups is 1. The van der Waals surface area contributed by atoms with Gasteiger partial charge in [0, 0.05) is 25.6 Å². The molecular formula is C24H23BrF3N3O3. The standard InChI is InChI=1S/C24H23BrF3N3O3/c1-13(32)30-8-6-14-10-16(26)3-4-17(14)23-21(25)22(31-34-23)18-12-29-9-7-24(18,33)15-2-5-19(27)20(28)11-15/h2-5,10-11,18,29,33H,6-9,12H2,1H3,(H,30,32). The zero-order chi connectivity index (χ0) is 24.5. The van der Waals surface area contributed by atoms with Crippen molar-refractivity contribution < 1.29 is 27.6 Å². The summed E-state index contributed by atoms with van der Waals surface area (Å²) in [6.45, 7) is 2.50. The van der Waals surface area contributed by atoms with Crippen molar-refractivity contribution >= 4 is 21.8 Å². The van der Waals surface area contributed by atoms with Gasteiger partial charge in [-0.25, -0.2) is 13.2 Å². The van der Waals surface area contributed by atoms with Gasteiger partial charge in [0.15, 0.2) is 17.4 Å². The molecule has 180 valence electrons. The van der Waals surface area contributed by atoms with Gasteiger partial charge in [0.2, 0.25) is 5.91 Å². The molecule has 1 aliphatic heterocycles. The molecule has 34 heavy (non-hydrogen) atoms. The van der Waals surface area contributed by atoms with Gasteiger partial charge < -0.3 is 20.3 Å². The Labute approximate surface area is 202 Å². The summed E-state index contributed by atoms with van der Waals surface area (Å²) in [4.78, 5) is 11.2. The monoisotopic (exact) mass is 537 g/mol. The molecule has 1 aliphatic rings. The van der Waals surface area contributed by atoms with Crippen LogP contribution in [-0.4, -0.2) is 35.8 Å². The summed E-state index contributed by atoms with van der Waals surface area (Å²) in [6.07, 6.45) is 0.606. The molecule has 0 saturated carbocycles. The fraction of sp³-hybridized carbons (Fsp3) is 0.333. The van der Waals surface area contributed by atoms with Gasteiger partial charge in [0.05, 0.1) is 10.4 Å². The number of rotatable bonds is 6. The third-order valence-electron chi connectivity index (χ3n) is 6.10. The van der Waals surface area contributed by atoms with E-state index in [4.69, 9.17) is 4.52 Å². The van der Waals surface area contributed by atoms with Crippen molar-refractivity contribution in [3.63, 3.8) is 0 Å². The van der Waals surface area contributed by atoms with Crippen LogP contribution >= 0.6 is 15.9 Å². The molecule has 0 aliphatic carbocycles. The molecule has 4 rings (SSSR count). The van der Waals surface area contributed by atoms with Crippen LogP contribution in [0, 0.1) is 17.5 Å². The molecule has 2 heterocycles. The van der Waals surface area contributed by atoms with Gasteiger partial charge in [-0.3, -0.25) is 4.79 Å². The summed E-state index contributed by atoms with van der Waals surface area (Å²) in [6, 6.07) is 7.59. The average Bonchev–Trinajstić information content (AvgIpc) is 3.16. The number of carbonyl (C=O) groups excluding carboxylic acids is 1. The molecule has 1 amide bonds. The predicted molar refractivity (Wildman–Crippen MR) is 122 cm³/mol. The van der Waals surface area contributed by atoms with Gasteiger partial charge in [0.25, 0.3) is 0 Å². The molecule has 1 fully saturated rings. The lowest BCUT2D eigenvalue weighted by Crippen LogP contribution is -2.47. The summed E-state index contributed by atoms with van der Waals surface area (Å²) >= 11 is 3.53. The fourth-order valence-electron chi connectivity index (χ4n) is 4.34. The molecule has 0 radical (unpaired) electrons. The Bertz CT molecular complexity index is 1220. The van der Waals surface area contributed by atoms with Crippen LogP contribution in [0.15, 0.2) is 45.4 Å². The Morgan fingerprint density at radius 3 is 2.79 bits per heavy atom. The third-order valence-corrected chi connectivity index (χ3v) is 6.86. The lowest BCUT2D eigenvalue weighted by molar-refractivity contribution is -0.118. The second kappa shape index (κ2) is 9.89. The number of aliphatic hydroxyl groups is 1. The zero-order valence-electron chi connectivity index (χ0n) is 18.3. The second-order valence-electron chi connectivity index (χ2n) is 8.31. The van der Waals surface area contributed by atoms with E-state index in [2.05, 4.69) is 31.7 Å². The van der Waals surface area contributed by atoms with Crippen LogP contribution in [0.4, 0.5) is 13.2 Å². The van der Waals surface area contributed by atoms with Crippen LogP contribution in [-0.2, 0) is 16.8 Å². The van der Waals surface area contributed by atoms with Gasteiger partial charge in [-0.2, -0.15) is 0 Å². The van der Waals surface area contributed by atoms with Gasteiger partial charge in [-0.15, -0.1) is 0 Å². The first-order valence-electron chi connectivity index (χ1n) is 10.8. The predicted octanol–water partition coefficient (Wildman–Crippen LogP) is 4.16. The lowest BCUT2D eigenvalue weighted by atomic mass is 9.75. The number of benzene rings is 2. The molecule has 0 bridgehead atoms. The number of amides is 1. The number of nitrogens with zero attached hydrogens (tertiary/aromatic N) is 1. The Kier molecular flexibility index (Phi) is 7.11. The van der Waals surface area contributed by atoms with Crippen molar-refractivity contribution in [3.8, 4) is 11.3 Å². The van der Waals surface area contributed by atoms with Gasteiger partial charge in [-0.1, -0.05) is 11.2 Å².